The van der Waals surface area contributed by atoms with Gasteiger partial charge in [0.2, 0.25) is 0 Å². The van der Waals surface area contributed by atoms with Crippen molar-refractivity contribution >= 4 is 22.9 Å². The Morgan fingerprint density at radius 1 is 1.42 bits per heavy atom. The smallest absolute Gasteiger partial charge is 0.162 e. The van der Waals surface area contributed by atoms with Crippen LogP contribution in [0.1, 0.15) is 16.1 Å². The molecular formula is C13H15ClN2O2S. The number of aromatic nitrogens is 1. The molecule has 102 valence electrons. The summed E-state index contributed by atoms with van der Waals surface area (Å²) in [5.74, 6) is 0.513. The molecule has 0 spiro atoms. The third-order valence-corrected chi connectivity index (χ3v) is 3.94. The largest absolute Gasteiger partial charge is 0.504 e. The molecule has 6 heteroatoms. The Hall–Kier alpha value is -1.30. The molecular weight excluding hydrogens is 284 g/mol. The number of phenolic OH excluding ortho intramolecular Hbond substituents is 1. The topological polar surface area (TPSA) is 54.4 Å². The molecule has 2 N–H and O–H groups in total. The maximum Gasteiger partial charge on any atom is 0.162 e. The lowest BCUT2D eigenvalue weighted by atomic mass is 10.2. The van der Waals surface area contributed by atoms with Gasteiger partial charge in [-0.05, 0) is 13.0 Å². The minimum absolute atomic E-state index is 0.125. The van der Waals surface area contributed by atoms with E-state index in [1.54, 1.807) is 23.5 Å². The van der Waals surface area contributed by atoms with Crippen LogP contribution >= 0.6 is 22.9 Å². The SMILES string of the molecule is COc1cc(Cl)cc(CNCc2scnc2C)c1O. The monoisotopic (exact) mass is 298 g/mol. The molecule has 0 aliphatic heterocycles. The molecule has 19 heavy (non-hydrogen) atoms. The van der Waals surface area contributed by atoms with E-state index < -0.39 is 0 Å². The van der Waals surface area contributed by atoms with Crippen LogP contribution in [0.3, 0.4) is 0 Å². The maximum atomic E-state index is 9.99. The number of ether oxygens (including phenoxy) is 1. The molecule has 1 aromatic heterocycles. The third kappa shape index (κ3) is 3.37. The fraction of sp³-hybridized carbons (Fsp3) is 0.308. The lowest BCUT2D eigenvalue weighted by molar-refractivity contribution is 0.369. The molecule has 1 aromatic carbocycles. The highest BCUT2D eigenvalue weighted by atomic mass is 35.5. The van der Waals surface area contributed by atoms with Crippen LogP contribution in [0.25, 0.3) is 0 Å². The first-order valence-electron chi connectivity index (χ1n) is 5.77. The molecule has 0 saturated carbocycles. The van der Waals surface area contributed by atoms with Gasteiger partial charge in [-0.1, -0.05) is 11.6 Å². The van der Waals surface area contributed by atoms with Gasteiger partial charge < -0.3 is 15.2 Å². The van der Waals surface area contributed by atoms with Gasteiger partial charge in [-0.2, -0.15) is 0 Å². The number of methoxy groups -OCH3 is 1. The Labute approximate surface area is 121 Å². The number of benzene rings is 1. The van der Waals surface area contributed by atoms with Gasteiger partial charge in [0.25, 0.3) is 0 Å². The number of nitrogens with zero attached hydrogens (tertiary/aromatic N) is 1. The number of thiazole rings is 1. The van der Waals surface area contributed by atoms with Crippen LogP contribution in [0.5, 0.6) is 11.5 Å². The van der Waals surface area contributed by atoms with E-state index in [4.69, 9.17) is 16.3 Å². The number of hydrogen-bond acceptors (Lipinski definition) is 5. The van der Waals surface area contributed by atoms with E-state index in [0.717, 1.165) is 5.69 Å². The van der Waals surface area contributed by atoms with Crippen LogP contribution in [0.2, 0.25) is 5.02 Å². The second kappa shape index (κ2) is 6.23. The van der Waals surface area contributed by atoms with Crippen LogP contribution < -0.4 is 10.1 Å². The standard InChI is InChI=1S/C13H15ClN2O2S/c1-8-12(19-7-16-8)6-15-5-9-3-10(14)4-11(18-2)13(9)17/h3-4,7,15,17H,5-6H2,1-2H3. The summed E-state index contributed by atoms with van der Waals surface area (Å²) in [4.78, 5) is 5.38. The minimum atomic E-state index is 0.125. The summed E-state index contributed by atoms with van der Waals surface area (Å²) in [5, 5.41) is 13.8. The number of phenols is 1. The van der Waals surface area contributed by atoms with Crippen molar-refractivity contribution in [2.24, 2.45) is 0 Å². The molecule has 0 fully saturated rings. The highest BCUT2D eigenvalue weighted by molar-refractivity contribution is 7.09. The highest BCUT2D eigenvalue weighted by Gasteiger charge is 2.10. The second-order valence-corrected chi connectivity index (χ2v) is 5.46. The van der Waals surface area contributed by atoms with Gasteiger partial charge in [0.15, 0.2) is 11.5 Å². The van der Waals surface area contributed by atoms with Crippen LogP contribution in [0, 0.1) is 6.92 Å². The van der Waals surface area contributed by atoms with E-state index in [1.807, 2.05) is 12.4 Å². The van der Waals surface area contributed by atoms with Gasteiger partial charge in [0.1, 0.15) is 0 Å². The van der Waals surface area contributed by atoms with Crippen LogP contribution in [-0.4, -0.2) is 17.2 Å². The average molecular weight is 299 g/mol. The number of aromatic hydroxyl groups is 1. The highest BCUT2D eigenvalue weighted by Crippen LogP contribution is 2.33. The van der Waals surface area contributed by atoms with Crippen molar-refractivity contribution in [1.82, 2.24) is 10.3 Å². The predicted molar refractivity (Wildman–Crippen MR) is 77.1 cm³/mol. The zero-order valence-electron chi connectivity index (χ0n) is 10.7. The van der Waals surface area contributed by atoms with E-state index >= 15 is 0 Å². The minimum Gasteiger partial charge on any atom is -0.504 e. The molecule has 0 aliphatic carbocycles. The summed E-state index contributed by atoms with van der Waals surface area (Å²) in [7, 11) is 1.50. The lowest BCUT2D eigenvalue weighted by Crippen LogP contribution is -2.12. The van der Waals surface area contributed by atoms with Crippen LogP contribution in [0.15, 0.2) is 17.6 Å². The fourth-order valence-corrected chi connectivity index (χ4v) is 2.70. The van der Waals surface area contributed by atoms with Crippen molar-refractivity contribution < 1.29 is 9.84 Å². The molecule has 0 radical (unpaired) electrons. The van der Waals surface area contributed by atoms with Gasteiger partial charge in [-0.3, -0.25) is 0 Å². The van der Waals surface area contributed by atoms with Crippen molar-refractivity contribution in [1.29, 1.82) is 0 Å². The van der Waals surface area contributed by atoms with Gasteiger partial charge >= 0.3 is 0 Å². The summed E-state index contributed by atoms with van der Waals surface area (Å²) in [6, 6.07) is 3.32. The Bertz CT molecular complexity index is 572. The molecule has 2 rings (SSSR count). The molecule has 0 aliphatic rings. The molecule has 0 unspecified atom stereocenters. The zero-order valence-corrected chi connectivity index (χ0v) is 12.3. The van der Waals surface area contributed by atoms with Gasteiger partial charge in [-0.15, -0.1) is 11.3 Å². The first kappa shape index (κ1) is 14.1. The average Bonchev–Trinajstić information content (AvgIpc) is 2.79. The van der Waals surface area contributed by atoms with Crippen molar-refractivity contribution in [3.63, 3.8) is 0 Å². The van der Waals surface area contributed by atoms with Crippen molar-refractivity contribution in [2.45, 2.75) is 20.0 Å². The van der Waals surface area contributed by atoms with Crippen molar-refractivity contribution in [2.75, 3.05) is 7.11 Å². The second-order valence-electron chi connectivity index (χ2n) is 4.08. The third-order valence-electron chi connectivity index (χ3n) is 2.78. The zero-order chi connectivity index (χ0) is 13.8. The number of hydrogen-bond donors (Lipinski definition) is 2. The summed E-state index contributed by atoms with van der Waals surface area (Å²) in [6.45, 7) is 3.21. The van der Waals surface area contributed by atoms with Crippen molar-refractivity contribution in [3.8, 4) is 11.5 Å². The fourth-order valence-electron chi connectivity index (χ4n) is 1.73. The summed E-state index contributed by atoms with van der Waals surface area (Å²) in [6.07, 6.45) is 0. The van der Waals surface area contributed by atoms with Crippen molar-refractivity contribution in [3.05, 3.63) is 38.8 Å². The Morgan fingerprint density at radius 3 is 2.84 bits per heavy atom. The number of halogens is 1. The summed E-state index contributed by atoms with van der Waals surface area (Å²) < 4.78 is 5.07. The Kier molecular flexibility index (Phi) is 4.63. The first-order chi connectivity index (χ1) is 9.11. The summed E-state index contributed by atoms with van der Waals surface area (Å²) >= 11 is 7.59. The Balaban J connectivity index is 2.03. The predicted octanol–water partition coefficient (Wildman–Crippen LogP) is 3.11. The van der Waals surface area contributed by atoms with Crippen LogP contribution in [-0.2, 0) is 13.1 Å². The molecule has 0 saturated heterocycles. The number of rotatable bonds is 5. The van der Waals surface area contributed by atoms with E-state index in [1.165, 1.54) is 12.0 Å². The molecule has 2 aromatic rings. The molecule has 0 bridgehead atoms. The first-order valence-corrected chi connectivity index (χ1v) is 7.02. The van der Waals surface area contributed by atoms with E-state index in [-0.39, 0.29) is 5.75 Å². The van der Waals surface area contributed by atoms with Gasteiger partial charge in [0, 0.05) is 34.6 Å². The molecule has 4 nitrogen and oxygen atoms in total. The van der Waals surface area contributed by atoms with Gasteiger partial charge in [0.05, 0.1) is 18.3 Å². The quantitative estimate of drug-likeness (QED) is 0.890. The van der Waals surface area contributed by atoms with E-state index in [9.17, 15) is 5.11 Å². The van der Waals surface area contributed by atoms with Gasteiger partial charge in [-0.25, -0.2) is 4.98 Å². The summed E-state index contributed by atoms with van der Waals surface area (Å²) in [5.41, 5.74) is 3.57. The molecule has 1 heterocycles. The lowest BCUT2D eigenvalue weighted by Gasteiger charge is -2.10. The van der Waals surface area contributed by atoms with E-state index in [0.29, 0.717) is 29.4 Å². The molecule has 0 atom stereocenters. The normalized spacial score (nSPS) is 10.7. The van der Waals surface area contributed by atoms with Crippen LogP contribution in [0.4, 0.5) is 0 Å². The number of nitrogens with one attached hydrogen (secondary N) is 1. The molecule has 0 amide bonds. The van der Waals surface area contributed by atoms with E-state index in [2.05, 4.69) is 10.3 Å². The Morgan fingerprint density at radius 2 is 2.21 bits per heavy atom. The maximum absolute atomic E-state index is 9.99. The number of aryl methyl sites for hydroxylation is 1.